The topological polar surface area (TPSA) is 54.5 Å². The molecular formula is C20H24ClN3O2. The van der Waals surface area contributed by atoms with Crippen LogP contribution in [0.1, 0.15) is 37.3 Å². The molecule has 1 saturated heterocycles. The molecule has 0 spiro atoms. The Labute approximate surface area is 159 Å². The number of halogens is 1. The zero-order chi connectivity index (χ0) is 18.4. The number of methoxy groups -OCH3 is 1. The molecule has 1 unspecified atom stereocenters. The van der Waals surface area contributed by atoms with E-state index in [-0.39, 0.29) is 11.9 Å². The van der Waals surface area contributed by atoms with Crippen molar-refractivity contribution in [2.45, 2.75) is 31.7 Å². The van der Waals surface area contributed by atoms with Gasteiger partial charge in [-0.05, 0) is 49.2 Å². The van der Waals surface area contributed by atoms with Gasteiger partial charge >= 0.3 is 0 Å². The van der Waals surface area contributed by atoms with Crippen molar-refractivity contribution < 1.29 is 9.53 Å². The molecule has 0 bridgehead atoms. The highest BCUT2D eigenvalue weighted by molar-refractivity contribution is 6.30. The van der Waals surface area contributed by atoms with E-state index in [2.05, 4.69) is 27.3 Å². The number of anilines is 1. The average Bonchev–Trinajstić information content (AvgIpc) is 2.89. The van der Waals surface area contributed by atoms with E-state index >= 15 is 0 Å². The second kappa shape index (κ2) is 9.01. The van der Waals surface area contributed by atoms with Crippen molar-refractivity contribution in [3.05, 3.63) is 53.2 Å². The van der Waals surface area contributed by atoms with Crippen molar-refractivity contribution in [2.24, 2.45) is 0 Å². The first-order valence-corrected chi connectivity index (χ1v) is 9.33. The molecule has 0 radical (unpaired) electrons. The van der Waals surface area contributed by atoms with Crippen LogP contribution in [-0.2, 0) is 4.79 Å². The number of ether oxygens (including phenoxy) is 1. The highest BCUT2D eigenvalue weighted by Crippen LogP contribution is 2.31. The molecule has 1 aliphatic rings. The Morgan fingerprint density at radius 2 is 2.04 bits per heavy atom. The highest BCUT2D eigenvalue weighted by Gasteiger charge is 2.24. The zero-order valence-corrected chi connectivity index (χ0v) is 15.7. The number of carbonyl (C=O) groups is 1. The fourth-order valence-electron chi connectivity index (χ4n) is 3.38. The summed E-state index contributed by atoms with van der Waals surface area (Å²) < 4.78 is 5.25. The normalized spacial score (nSPS) is 18.2. The second-order valence-electron chi connectivity index (χ2n) is 6.52. The second-order valence-corrected chi connectivity index (χ2v) is 6.96. The lowest BCUT2D eigenvalue weighted by Gasteiger charge is -2.29. The van der Waals surface area contributed by atoms with Crippen LogP contribution in [0.2, 0.25) is 5.02 Å². The van der Waals surface area contributed by atoms with Gasteiger partial charge in [-0.25, -0.2) is 4.98 Å². The number of hydrogen-bond acceptors (Lipinski definition) is 4. The summed E-state index contributed by atoms with van der Waals surface area (Å²) in [6, 6.07) is 11.8. The predicted molar refractivity (Wildman–Crippen MR) is 104 cm³/mol. The van der Waals surface area contributed by atoms with Crippen LogP contribution in [0.5, 0.6) is 5.75 Å². The minimum atomic E-state index is -0.0553. The van der Waals surface area contributed by atoms with Crippen molar-refractivity contribution in [3.8, 4) is 5.75 Å². The van der Waals surface area contributed by atoms with Gasteiger partial charge in [0.25, 0.3) is 0 Å². The minimum Gasteiger partial charge on any atom is -0.497 e. The fourth-order valence-corrected chi connectivity index (χ4v) is 3.49. The lowest BCUT2D eigenvalue weighted by molar-refractivity contribution is -0.117. The largest absolute Gasteiger partial charge is 0.497 e. The summed E-state index contributed by atoms with van der Waals surface area (Å²) in [6.07, 6.45) is 6.07. The highest BCUT2D eigenvalue weighted by atomic mass is 35.5. The van der Waals surface area contributed by atoms with Gasteiger partial charge in [-0.1, -0.05) is 36.6 Å². The van der Waals surface area contributed by atoms with Crippen LogP contribution in [0, 0.1) is 0 Å². The van der Waals surface area contributed by atoms with E-state index in [1.54, 1.807) is 19.2 Å². The molecule has 0 saturated carbocycles. The molecule has 0 aliphatic carbocycles. The number of rotatable bonds is 5. The summed E-state index contributed by atoms with van der Waals surface area (Å²) in [4.78, 5) is 18.9. The molecule has 1 N–H and O–H groups in total. The third-order valence-electron chi connectivity index (χ3n) is 4.71. The fraction of sp³-hybridized carbons (Fsp3) is 0.400. The Bertz CT molecular complexity index is 719. The molecule has 1 aromatic carbocycles. The number of hydrogen-bond donors (Lipinski definition) is 1. The zero-order valence-electron chi connectivity index (χ0n) is 15.0. The Kier molecular flexibility index (Phi) is 6.47. The van der Waals surface area contributed by atoms with E-state index in [1.165, 1.54) is 24.6 Å². The Balaban J connectivity index is 1.69. The standard InChI is InChI=1S/C20H24ClN3O2/c1-26-17-9-6-15(7-10-17)18-5-3-2-4-12-24(18)14-20(25)23-19-11-8-16(21)13-22-19/h6-11,13,18H,2-5,12,14H2,1H3,(H,22,23,25). The molecule has 5 nitrogen and oxygen atoms in total. The molecular weight excluding hydrogens is 350 g/mol. The first-order chi connectivity index (χ1) is 12.7. The van der Waals surface area contributed by atoms with E-state index in [0.717, 1.165) is 25.1 Å². The smallest absolute Gasteiger partial charge is 0.239 e. The summed E-state index contributed by atoms with van der Waals surface area (Å²) in [5.41, 5.74) is 1.23. The summed E-state index contributed by atoms with van der Waals surface area (Å²) in [5.74, 6) is 1.32. The van der Waals surface area contributed by atoms with Crippen LogP contribution < -0.4 is 10.1 Å². The molecule has 1 amide bonds. The van der Waals surface area contributed by atoms with Crippen LogP contribution in [0.3, 0.4) is 0 Å². The minimum absolute atomic E-state index is 0.0553. The maximum atomic E-state index is 12.5. The molecule has 1 atom stereocenters. The molecule has 1 fully saturated rings. The Morgan fingerprint density at radius 3 is 2.73 bits per heavy atom. The van der Waals surface area contributed by atoms with Gasteiger partial charge in [0.05, 0.1) is 18.7 Å². The number of aromatic nitrogens is 1. The first kappa shape index (κ1) is 18.7. The van der Waals surface area contributed by atoms with Crippen molar-refractivity contribution in [3.63, 3.8) is 0 Å². The van der Waals surface area contributed by atoms with Crippen LogP contribution in [-0.4, -0.2) is 36.0 Å². The van der Waals surface area contributed by atoms with Crippen LogP contribution in [0.25, 0.3) is 0 Å². The lowest BCUT2D eigenvalue weighted by Crippen LogP contribution is -2.36. The quantitative estimate of drug-likeness (QED) is 0.848. The summed E-state index contributed by atoms with van der Waals surface area (Å²) >= 11 is 5.84. The predicted octanol–water partition coefficient (Wildman–Crippen LogP) is 4.30. The van der Waals surface area contributed by atoms with Gasteiger partial charge in [-0.2, -0.15) is 0 Å². The number of nitrogens with zero attached hydrogens (tertiary/aromatic N) is 2. The van der Waals surface area contributed by atoms with E-state index in [1.807, 2.05) is 12.1 Å². The maximum absolute atomic E-state index is 12.5. The van der Waals surface area contributed by atoms with Gasteiger partial charge in [0, 0.05) is 12.2 Å². The SMILES string of the molecule is COc1ccc(C2CCCCCN2CC(=O)Nc2ccc(Cl)cn2)cc1. The van der Waals surface area contributed by atoms with Crippen LogP contribution in [0.4, 0.5) is 5.82 Å². The molecule has 1 aromatic heterocycles. The van der Waals surface area contributed by atoms with Gasteiger partial charge in [-0.3, -0.25) is 9.69 Å². The lowest BCUT2D eigenvalue weighted by atomic mass is 10.0. The summed E-state index contributed by atoms with van der Waals surface area (Å²) in [5, 5.41) is 3.41. The van der Waals surface area contributed by atoms with E-state index < -0.39 is 0 Å². The molecule has 2 aromatic rings. The number of likely N-dealkylation sites (tertiary alicyclic amines) is 1. The molecule has 26 heavy (non-hydrogen) atoms. The molecule has 138 valence electrons. The molecule has 2 heterocycles. The van der Waals surface area contributed by atoms with Gasteiger partial charge < -0.3 is 10.1 Å². The number of pyridine rings is 1. The molecule has 6 heteroatoms. The van der Waals surface area contributed by atoms with Crippen molar-refractivity contribution in [1.29, 1.82) is 0 Å². The third-order valence-corrected chi connectivity index (χ3v) is 4.93. The summed E-state index contributed by atoms with van der Waals surface area (Å²) in [7, 11) is 1.67. The monoisotopic (exact) mass is 373 g/mol. The van der Waals surface area contributed by atoms with Gasteiger partial charge in [0.15, 0.2) is 0 Å². The van der Waals surface area contributed by atoms with E-state index in [9.17, 15) is 4.79 Å². The molecule has 1 aliphatic heterocycles. The first-order valence-electron chi connectivity index (χ1n) is 8.95. The van der Waals surface area contributed by atoms with Gasteiger partial charge in [-0.15, -0.1) is 0 Å². The van der Waals surface area contributed by atoms with Gasteiger partial charge in [0.2, 0.25) is 5.91 Å². The van der Waals surface area contributed by atoms with Crippen LogP contribution in [0.15, 0.2) is 42.6 Å². The van der Waals surface area contributed by atoms with Crippen LogP contribution >= 0.6 is 11.6 Å². The summed E-state index contributed by atoms with van der Waals surface area (Å²) in [6.45, 7) is 1.26. The Hall–Kier alpha value is -2.11. The number of carbonyl (C=O) groups excluding carboxylic acids is 1. The third kappa shape index (κ3) is 4.96. The van der Waals surface area contributed by atoms with Crippen molar-refractivity contribution in [1.82, 2.24) is 9.88 Å². The van der Waals surface area contributed by atoms with E-state index in [0.29, 0.717) is 17.4 Å². The van der Waals surface area contributed by atoms with Crippen molar-refractivity contribution >= 4 is 23.3 Å². The maximum Gasteiger partial charge on any atom is 0.239 e. The van der Waals surface area contributed by atoms with Crippen molar-refractivity contribution in [2.75, 3.05) is 25.5 Å². The number of benzene rings is 1. The van der Waals surface area contributed by atoms with E-state index in [4.69, 9.17) is 16.3 Å². The Morgan fingerprint density at radius 1 is 1.23 bits per heavy atom. The average molecular weight is 374 g/mol. The molecule has 3 rings (SSSR count). The van der Waals surface area contributed by atoms with Gasteiger partial charge in [0.1, 0.15) is 11.6 Å². The number of nitrogens with one attached hydrogen (secondary N) is 1. The number of amides is 1.